The molecule has 0 bridgehead atoms. The van der Waals surface area contributed by atoms with Crippen molar-refractivity contribution < 1.29 is 0 Å². The van der Waals surface area contributed by atoms with Crippen LogP contribution in [0.25, 0.3) is 109 Å². The second-order valence-electron chi connectivity index (χ2n) is 14.4. The third kappa shape index (κ3) is 4.91. The molecule has 5 nitrogen and oxygen atoms in total. The summed E-state index contributed by atoms with van der Waals surface area (Å²) in [6.45, 7) is 0. The molecular weight excluding hydrogens is 715 g/mol. The summed E-state index contributed by atoms with van der Waals surface area (Å²) in [5, 5.41) is 7.26. The van der Waals surface area contributed by atoms with Crippen LogP contribution in [-0.2, 0) is 0 Å². The second kappa shape index (κ2) is 12.6. The lowest BCUT2D eigenvalue weighted by atomic mass is 10.0. The van der Waals surface area contributed by atoms with Crippen LogP contribution in [0.5, 0.6) is 0 Å². The van der Waals surface area contributed by atoms with Crippen LogP contribution in [0.2, 0.25) is 0 Å². The molecule has 0 spiro atoms. The first-order valence-electron chi connectivity index (χ1n) is 19.1. The highest BCUT2D eigenvalue weighted by atomic mass is 32.1. The van der Waals surface area contributed by atoms with Gasteiger partial charge in [0, 0.05) is 69.8 Å². The smallest absolute Gasteiger partial charge is 0.164 e. The van der Waals surface area contributed by atoms with Crippen molar-refractivity contribution in [1.82, 2.24) is 24.1 Å². The van der Waals surface area contributed by atoms with Crippen molar-refractivity contribution in [2.45, 2.75) is 0 Å². The first-order valence-corrected chi connectivity index (χ1v) is 19.9. The zero-order chi connectivity index (χ0) is 37.5. The van der Waals surface area contributed by atoms with Gasteiger partial charge in [-0.2, -0.15) is 0 Å². The highest BCUT2D eigenvalue weighted by Gasteiger charge is 2.23. The number of nitrogens with zero attached hydrogens (tertiary/aromatic N) is 5. The van der Waals surface area contributed by atoms with E-state index in [2.05, 4.69) is 161 Å². The van der Waals surface area contributed by atoms with Crippen LogP contribution in [0.15, 0.2) is 188 Å². The van der Waals surface area contributed by atoms with Crippen LogP contribution in [0, 0.1) is 0 Å². The molecule has 8 aromatic carbocycles. The molecule has 266 valence electrons. The highest BCUT2D eigenvalue weighted by molar-refractivity contribution is 7.26. The molecule has 6 heteroatoms. The molecule has 0 N–H and O–H groups in total. The lowest BCUT2D eigenvalue weighted by Gasteiger charge is -2.11. The first kappa shape index (κ1) is 31.9. The van der Waals surface area contributed by atoms with Crippen molar-refractivity contribution in [3.63, 3.8) is 0 Å². The van der Waals surface area contributed by atoms with E-state index in [9.17, 15) is 0 Å². The van der Waals surface area contributed by atoms with E-state index < -0.39 is 0 Å². The number of fused-ring (bicyclic) bond motifs is 10. The van der Waals surface area contributed by atoms with E-state index in [4.69, 9.17) is 15.0 Å². The van der Waals surface area contributed by atoms with Gasteiger partial charge in [0.25, 0.3) is 0 Å². The molecule has 0 saturated heterocycles. The maximum atomic E-state index is 5.20. The molecule has 0 aliphatic heterocycles. The zero-order valence-electron chi connectivity index (χ0n) is 30.5. The number of thiophene rings is 1. The van der Waals surface area contributed by atoms with E-state index in [1.54, 1.807) is 0 Å². The number of benzene rings is 8. The van der Waals surface area contributed by atoms with Gasteiger partial charge in [-0.1, -0.05) is 133 Å². The van der Waals surface area contributed by atoms with Crippen molar-refractivity contribution >= 4 is 75.1 Å². The van der Waals surface area contributed by atoms with Crippen LogP contribution in [-0.4, -0.2) is 24.1 Å². The van der Waals surface area contributed by atoms with Crippen molar-refractivity contribution in [1.29, 1.82) is 0 Å². The third-order valence-corrected chi connectivity index (χ3v) is 12.3. The minimum atomic E-state index is 0.643. The lowest BCUT2D eigenvalue weighted by Crippen LogP contribution is -2.00. The van der Waals surface area contributed by atoms with Gasteiger partial charge in [0.05, 0.1) is 22.1 Å². The second-order valence-corrected chi connectivity index (χ2v) is 15.5. The molecule has 0 amide bonds. The monoisotopic (exact) mass is 745 g/mol. The Labute approximate surface area is 331 Å². The van der Waals surface area contributed by atoms with Gasteiger partial charge in [-0.05, 0) is 54.6 Å². The normalized spacial score (nSPS) is 11.9. The molecule has 4 heterocycles. The van der Waals surface area contributed by atoms with Gasteiger partial charge in [-0.3, -0.25) is 0 Å². The highest BCUT2D eigenvalue weighted by Crippen LogP contribution is 2.46. The number of hydrogen-bond acceptors (Lipinski definition) is 4. The Morgan fingerprint density at radius 1 is 0.351 bits per heavy atom. The Kier molecular flexibility index (Phi) is 7.03. The average molecular weight is 746 g/mol. The minimum Gasteiger partial charge on any atom is -0.309 e. The Morgan fingerprint density at radius 2 is 0.912 bits per heavy atom. The van der Waals surface area contributed by atoms with Gasteiger partial charge in [0.1, 0.15) is 0 Å². The van der Waals surface area contributed by atoms with Crippen LogP contribution in [0.1, 0.15) is 0 Å². The summed E-state index contributed by atoms with van der Waals surface area (Å²) in [4.78, 5) is 15.4. The van der Waals surface area contributed by atoms with Gasteiger partial charge in [0.15, 0.2) is 17.5 Å². The van der Waals surface area contributed by atoms with E-state index in [0.29, 0.717) is 17.5 Å². The molecule has 12 rings (SSSR count). The molecule has 0 fully saturated rings. The molecule has 0 saturated carbocycles. The van der Waals surface area contributed by atoms with E-state index in [0.717, 1.165) is 44.4 Å². The van der Waals surface area contributed by atoms with Gasteiger partial charge < -0.3 is 9.13 Å². The summed E-state index contributed by atoms with van der Waals surface area (Å²) in [6, 6.07) is 66.6. The SMILES string of the molecule is c1ccc(-c2nc(-c3ccccc3)nc(-c3cccc4c3c3ccc5sc6ccc(-n7c8ccccc8c8ccccc87)cc6c5c3n4-c3ccccc3)n2)cc1. The summed E-state index contributed by atoms with van der Waals surface area (Å²) in [7, 11) is 0. The zero-order valence-corrected chi connectivity index (χ0v) is 31.4. The van der Waals surface area contributed by atoms with E-state index in [1.165, 1.54) is 47.5 Å². The molecule has 0 aliphatic carbocycles. The van der Waals surface area contributed by atoms with Crippen LogP contribution < -0.4 is 0 Å². The number of hydrogen-bond donors (Lipinski definition) is 0. The van der Waals surface area contributed by atoms with Crippen LogP contribution >= 0.6 is 11.3 Å². The summed E-state index contributed by atoms with van der Waals surface area (Å²) in [5.74, 6) is 1.93. The molecule has 4 aromatic heterocycles. The number of aromatic nitrogens is 5. The maximum absolute atomic E-state index is 5.20. The quantitative estimate of drug-likeness (QED) is 0.176. The fourth-order valence-corrected chi connectivity index (χ4v) is 9.79. The molecular formula is C51H31N5S. The number of rotatable bonds is 5. The molecule has 0 unspecified atom stereocenters. The Balaban J connectivity index is 1.18. The largest absolute Gasteiger partial charge is 0.309 e. The fourth-order valence-electron chi connectivity index (χ4n) is 8.70. The number of para-hydroxylation sites is 3. The molecule has 12 aromatic rings. The summed E-state index contributed by atoms with van der Waals surface area (Å²) >= 11 is 1.85. The van der Waals surface area contributed by atoms with Gasteiger partial charge in [0.2, 0.25) is 0 Å². The topological polar surface area (TPSA) is 48.5 Å². The van der Waals surface area contributed by atoms with Crippen molar-refractivity contribution in [3.8, 4) is 45.5 Å². The van der Waals surface area contributed by atoms with Crippen LogP contribution in [0.3, 0.4) is 0 Å². The minimum absolute atomic E-state index is 0.643. The fraction of sp³-hybridized carbons (Fsp3) is 0. The summed E-state index contributed by atoms with van der Waals surface area (Å²) < 4.78 is 7.35. The van der Waals surface area contributed by atoms with Gasteiger partial charge in [-0.15, -0.1) is 11.3 Å². The standard InChI is InChI=1S/C51H31N5S/c1-4-15-32(16-5-1)49-52-50(33-17-6-2-7-18-33)54-51(53-49)39-23-14-26-43-46(39)38-28-30-45-47(48(38)56(43)34-19-8-3-9-20-34)40-31-35(27-29-44(40)57-45)55-41-24-12-10-21-36(41)37-22-11-13-25-42(37)55/h1-31H. The lowest BCUT2D eigenvalue weighted by molar-refractivity contribution is 1.08. The van der Waals surface area contributed by atoms with Crippen LogP contribution in [0.4, 0.5) is 0 Å². The third-order valence-electron chi connectivity index (χ3n) is 11.2. The predicted octanol–water partition coefficient (Wildman–Crippen LogP) is 13.4. The summed E-state index contributed by atoms with van der Waals surface area (Å²) in [6.07, 6.45) is 0. The van der Waals surface area contributed by atoms with Crippen molar-refractivity contribution in [2.75, 3.05) is 0 Å². The first-order chi connectivity index (χ1) is 28.3. The van der Waals surface area contributed by atoms with Crippen molar-refractivity contribution in [2.24, 2.45) is 0 Å². The molecule has 0 aliphatic rings. The molecule has 0 radical (unpaired) electrons. The van der Waals surface area contributed by atoms with Crippen molar-refractivity contribution in [3.05, 3.63) is 188 Å². The predicted molar refractivity (Wildman–Crippen MR) is 238 cm³/mol. The van der Waals surface area contributed by atoms with E-state index in [1.807, 2.05) is 47.7 Å². The van der Waals surface area contributed by atoms with Gasteiger partial charge >= 0.3 is 0 Å². The summed E-state index contributed by atoms with van der Waals surface area (Å²) in [5.41, 5.74) is 9.78. The molecule has 57 heavy (non-hydrogen) atoms. The van der Waals surface area contributed by atoms with E-state index >= 15 is 0 Å². The Bertz CT molecular complexity index is 3400. The van der Waals surface area contributed by atoms with E-state index in [-0.39, 0.29) is 0 Å². The average Bonchev–Trinajstić information content (AvgIpc) is 3.94. The maximum Gasteiger partial charge on any atom is 0.164 e. The molecule has 0 atom stereocenters. The Morgan fingerprint density at radius 3 is 1.58 bits per heavy atom. The van der Waals surface area contributed by atoms with Gasteiger partial charge in [-0.25, -0.2) is 15.0 Å². The Hall–Kier alpha value is -7.41.